The summed E-state index contributed by atoms with van der Waals surface area (Å²) in [5.74, 6) is 0.254. The second kappa shape index (κ2) is 7.49. The number of halogens is 1. The monoisotopic (exact) mass is 253 g/mol. The molecule has 1 rings (SSSR count). The van der Waals surface area contributed by atoms with Crippen LogP contribution in [0.3, 0.4) is 0 Å². The highest BCUT2D eigenvalue weighted by atomic mass is 19.1. The smallest absolute Gasteiger partial charge is 0.126 e. The van der Waals surface area contributed by atoms with E-state index in [0.717, 1.165) is 12.1 Å². The summed E-state index contributed by atoms with van der Waals surface area (Å²) >= 11 is 0. The van der Waals surface area contributed by atoms with E-state index >= 15 is 0 Å². The lowest BCUT2D eigenvalue weighted by Crippen LogP contribution is -2.45. The lowest BCUT2D eigenvalue weighted by molar-refractivity contribution is 0.0335. The van der Waals surface area contributed by atoms with Gasteiger partial charge in [-0.05, 0) is 30.5 Å². The number of benzene rings is 1. The average Bonchev–Trinajstić information content (AvgIpc) is 2.32. The lowest BCUT2D eigenvalue weighted by atomic mass is 9.93. The van der Waals surface area contributed by atoms with Gasteiger partial charge in [-0.1, -0.05) is 39.0 Å². The van der Waals surface area contributed by atoms with Crippen LogP contribution in [0.2, 0.25) is 0 Å². The normalized spacial score (nSPS) is 14.8. The summed E-state index contributed by atoms with van der Waals surface area (Å²) in [6.45, 7) is 7.16. The Hall–Kier alpha value is -0.930. The highest BCUT2D eigenvalue weighted by Crippen LogP contribution is 2.16. The summed E-state index contributed by atoms with van der Waals surface area (Å²) in [6, 6.07) is 7.08. The van der Waals surface area contributed by atoms with E-state index in [2.05, 4.69) is 26.1 Å². The van der Waals surface area contributed by atoms with E-state index in [1.54, 1.807) is 13.2 Å². The zero-order valence-corrected chi connectivity index (χ0v) is 11.7. The SMILES string of the molecule is CCNC(Cc1ccccc1F)C(OC)C(C)C. The summed E-state index contributed by atoms with van der Waals surface area (Å²) in [6.07, 6.45) is 0.738. The van der Waals surface area contributed by atoms with Crippen LogP contribution >= 0.6 is 0 Å². The van der Waals surface area contributed by atoms with Crippen molar-refractivity contribution in [3.05, 3.63) is 35.6 Å². The average molecular weight is 253 g/mol. The third kappa shape index (κ3) is 4.07. The van der Waals surface area contributed by atoms with Crippen LogP contribution in [0.1, 0.15) is 26.3 Å². The first-order valence-corrected chi connectivity index (χ1v) is 6.59. The van der Waals surface area contributed by atoms with Gasteiger partial charge in [0.2, 0.25) is 0 Å². The number of rotatable bonds is 7. The van der Waals surface area contributed by atoms with Crippen molar-refractivity contribution >= 4 is 0 Å². The minimum atomic E-state index is -0.140. The molecule has 0 saturated heterocycles. The maximum atomic E-state index is 13.7. The molecule has 0 spiro atoms. The van der Waals surface area contributed by atoms with Crippen LogP contribution in [0.15, 0.2) is 24.3 Å². The maximum Gasteiger partial charge on any atom is 0.126 e. The number of methoxy groups -OCH3 is 1. The largest absolute Gasteiger partial charge is 0.380 e. The molecule has 0 aromatic heterocycles. The standard InChI is InChI=1S/C15H24FNO/c1-5-17-14(15(18-4)11(2)3)10-12-8-6-7-9-13(12)16/h6-9,11,14-15,17H,5,10H2,1-4H3. The Kier molecular flexibility index (Phi) is 6.30. The molecule has 0 amide bonds. The second-order valence-corrected chi connectivity index (χ2v) is 4.90. The lowest BCUT2D eigenvalue weighted by Gasteiger charge is -2.30. The van der Waals surface area contributed by atoms with E-state index in [4.69, 9.17) is 4.74 Å². The van der Waals surface area contributed by atoms with Crippen LogP contribution in [0.25, 0.3) is 0 Å². The van der Waals surface area contributed by atoms with Crippen molar-refractivity contribution < 1.29 is 9.13 Å². The Morgan fingerprint density at radius 3 is 2.44 bits per heavy atom. The molecule has 3 heteroatoms. The van der Waals surface area contributed by atoms with Crippen LogP contribution in [0.5, 0.6) is 0 Å². The van der Waals surface area contributed by atoms with Crippen molar-refractivity contribution in [1.82, 2.24) is 5.32 Å². The summed E-state index contributed by atoms with van der Waals surface area (Å²) in [4.78, 5) is 0. The molecule has 18 heavy (non-hydrogen) atoms. The first-order valence-electron chi connectivity index (χ1n) is 6.59. The van der Waals surface area contributed by atoms with Gasteiger partial charge in [-0.3, -0.25) is 0 Å². The summed E-state index contributed by atoms with van der Waals surface area (Å²) in [5, 5.41) is 3.40. The molecule has 0 radical (unpaired) electrons. The van der Waals surface area contributed by atoms with Gasteiger partial charge in [0.05, 0.1) is 6.10 Å². The van der Waals surface area contributed by atoms with Crippen molar-refractivity contribution in [2.75, 3.05) is 13.7 Å². The molecular formula is C15H24FNO. The van der Waals surface area contributed by atoms with E-state index in [0.29, 0.717) is 12.3 Å². The molecule has 1 aromatic rings. The van der Waals surface area contributed by atoms with Gasteiger partial charge >= 0.3 is 0 Å². The minimum absolute atomic E-state index is 0.0876. The zero-order chi connectivity index (χ0) is 13.5. The molecule has 0 aliphatic heterocycles. The van der Waals surface area contributed by atoms with Crippen molar-refractivity contribution in [1.29, 1.82) is 0 Å². The third-order valence-electron chi connectivity index (χ3n) is 3.19. The first-order chi connectivity index (χ1) is 8.60. The fourth-order valence-electron chi connectivity index (χ4n) is 2.37. The Morgan fingerprint density at radius 1 is 1.28 bits per heavy atom. The van der Waals surface area contributed by atoms with Gasteiger partial charge in [0.1, 0.15) is 5.82 Å². The van der Waals surface area contributed by atoms with Gasteiger partial charge in [-0.2, -0.15) is 0 Å². The van der Waals surface area contributed by atoms with E-state index in [-0.39, 0.29) is 18.0 Å². The van der Waals surface area contributed by atoms with Crippen molar-refractivity contribution in [2.45, 2.75) is 39.3 Å². The predicted molar refractivity (Wildman–Crippen MR) is 73.2 cm³/mol. The molecule has 102 valence electrons. The van der Waals surface area contributed by atoms with Gasteiger partial charge in [0.15, 0.2) is 0 Å². The molecular weight excluding hydrogens is 229 g/mol. The van der Waals surface area contributed by atoms with Crippen LogP contribution in [0, 0.1) is 11.7 Å². The van der Waals surface area contributed by atoms with Gasteiger partial charge in [0.25, 0.3) is 0 Å². The summed E-state index contributed by atoms with van der Waals surface area (Å²) in [5.41, 5.74) is 0.742. The Balaban J connectivity index is 2.82. The fraction of sp³-hybridized carbons (Fsp3) is 0.600. The molecule has 1 N–H and O–H groups in total. The van der Waals surface area contributed by atoms with E-state index in [1.807, 2.05) is 12.1 Å². The van der Waals surface area contributed by atoms with Crippen LogP contribution in [-0.4, -0.2) is 25.8 Å². The summed E-state index contributed by atoms with van der Waals surface area (Å²) in [7, 11) is 1.72. The number of ether oxygens (including phenoxy) is 1. The second-order valence-electron chi connectivity index (χ2n) is 4.90. The van der Waals surface area contributed by atoms with Gasteiger partial charge in [0, 0.05) is 13.2 Å². The number of nitrogens with one attached hydrogen (secondary N) is 1. The third-order valence-corrected chi connectivity index (χ3v) is 3.19. The zero-order valence-electron chi connectivity index (χ0n) is 11.7. The Bertz CT molecular complexity index is 354. The predicted octanol–water partition coefficient (Wildman–Crippen LogP) is 3.02. The van der Waals surface area contributed by atoms with Gasteiger partial charge in [-0.25, -0.2) is 4.39 Å². The molecule has 1 aromatic carbocycles. The van der Waals surface area contributed by atoms with Crippen LogP contribution in [0.4, 0.5) is 4.39 Å². The highest BCUT2D eigenvalue weighted by Gasteiger charge is 2.24. The quantitative estimate of drug-likeness (QED) is 0.806. The van der Waals surface area contributed by atoms with Gasteiger partial charge in [-0.15, -0.1) is 0 Å². The number of likely N-dealkylation sites (N-methyl/N-ethyl adjacent to an activating group) is 1. The topological polar surface area (TPSA) is 21.3 Å². The highest BCUT2D eigenvalue weighted by molar-refractivity contribution is 5.18. The molecule has 0 fully saturated rings. The minimum Gasteiger partial charge on any atom is -0.380 e. The molecule has 0 aliphatic carbocycles. The van der Waals surface area contributed by atoms with E-state index < -0.39 is 0 Å². The van der Waals surface area contributed by atoms with Crippen LogP contribution < -0.4 is 5.32 Å². The molecule has 2 unspecified atom stereocenters. The van der Waals surface area contributed by atoms with Crippen molar-refractivity contribution in [2.24, 2.45) is 5.92 Å². The van der Waals surface area contributed by atoms with Crippen molar-refractivity contribution in [3.8, 4) is 0 Å². The molecule has 0 saturated carbocycles. The summed E-state index contributed by atoms with van der Waals surface area (Å²) < 4.78 is 19.2. The number of hydrogen-bond donors (Lipinski definition) is 1. The number of hydrogen-bond acceptors (Lipinski definition) is 2. The molecule has 0 bridgehead atoms. The van der Waals surface area contributed by atoms with Crippen molar-refractivity contribution in [3.63, 3.8) is 0 Å². The van der Waals surface area contributed by atoms with E-state index in [1.165, 1.54) is 6.07 Å². The Morgan fingerprint density at radius 2 is 1.94 bits per heavy atom. The first kappa shape index (κ1) is 15.1. The molecule has 2 atom stereocenters. The fourth-order valence-corrected chi connectivity index (χ4v) is 2.37. The molecule has 0 aliphatic rings. The molecule has 2 nitrogen and oxygen atoms in total. The van der Waals surface area contributed by atoms with Crippen LogP contribution in [-0.2, 0) is 11.2 Å². The Labute approximate surface area is 110 Å². The molecule has 0 heterocycles. The maximum absolute atomic E-state index is 13.7. The van der Waals surface area contributed by atoms with E-state index in [9.17, 15) is 4.39 Å². The van der Waals surface area contributed by atoms with Gasteiger partial charge < -0.3 is 10.1 Å².